The summed E-state index contributed by atoms with van der Waals surface area (Å²) in [5.41, 5.74) is -2.57. The first-order valence-corrected chi connectivity index (χ1v) is 8.28. The number of carboxylic acids is 1. The quantitative estimate of drug-likeness (QED) is 0.851. The van der Waals surface area contributed by atoms with Gasteiger partial charge in [0.05, 0.1) is 15.5 Å². The van der Waals surface area contributed by atoms with Crippen molar-refractivity contribution < 1.29 is 18.3 Å². The van der Waals surface area contributed by atoms with E-state index in [9.17, 15) is 18.3 Å². The van der Waals surface area contributed by atoms with Gasteiger partial charge in [-0.15, -0.1) is 0 Å². The van der Waals surface area contributed by atoms with Crippen LogP contribution < -0.4 is 4.72 Å². The molecule has 1 rings (SSSR count). The fraction of sp³-hybridized carbons (Fsp3) is 0.462. The van der Waals surface area contributed by atoms with E-state index in [0.29, 0.717) is 0 Å². The zero-order valence-corrected chi connectivity index (χ0v) is 14.4. The Morgan fingerprint density at radius 1 is 1.19 bits per heavy atom. The minimum Gasteiger partial charge on any atom is -0.481 e. The van der Waals surface area contributed by atoms with E-state index in [1.165, 1.54) is 45.9 Å². The van der Waals surface area contributed by atoms with Crippen molar-refractivity contribution in [2.75, 3.05) is 0 Å². The third kappa shape index (κ3) is 3.51. The van der Waals surface area contributed by atoms with E-state index in [1.54, 1.807) is 0 Å². The smallest absolute Gasteiger partial charge is 0.310 e. The van der Waals surface area contributed by atoms with Gasteiger partial charge in [0.25, 0.3) is 0 Å². The van der Waals surface area contributed by atoms with E-state index in [4.69, 9.17) is 23.2 Å². The molecule has 0 radical (unpaired) electrons. The molecular weight excluding hydrogens is 337 g/mol. The summed E-state index contributed by atoms with van der Waals surface area (Å²) in [6.45, 7) is 5.88. The molecule has 5 nitrogen and oxygen atoms in total. The number of carbonyl (C=O) groups is 1. The van der Waals surface area contributed by atoms with Crippen LogP contribution >= 0.6 is 23.2 Å². The van der Waals surface area contributed by atoms with E-state index in [0.717, 1.165) is 0 Å². The average molecular weight is 354 g/mol. The third-order valence-corrected chi connectivity index (χ3v) is 6.32. The second-order valence-corrected chi connectivity index (χ2v) is 8.15. The zero-order valence-electron chi connectivity index (χ0n) is 12.1. The molecule has 0 unspecified atom stereocenters. The van der Waals surface area contributed by atoms with Crippen LogP contribution in [0.25, 0.3) is 0 Å². The molecule has 0 saturated carbocycles. The molecule has 0 atom stereocenters. The van der Waals surface area contributed by atoms with Crippen LogP contribution in [0.3, 0.4) is 0 Å². The fourth-order valence-electron chi connectivity index (χ4n) is 1.48. The van der Waals surface area contributed by atoms with Crippen molar-refractivity contribution in [1.82, 2.24) is 4.72 Å². The summed E-state index contributed by atoms with van der Waals surface area (Å²) in [6.07, 6.45) is 0. The number of carboxylic acid groups (broad SMARTS) is 1. The Kier molecular flexibility index (Phi) is 5.00. The highest BCUT2D eigenvalue weighted by molar-refractivity contribution is 7.89. The molecule has 2 N–H and O–H groups in total. The number of nitrogens with one attached hydrogen (secondary N) is 1. The van der Waals surface area contributed by atoms with Gasteiger partial charge >= 0.3 is 5.97 Å². The molecule has 0 saturated heterocycles. The van der Waals surface area contributed by atoms with Crippen molar-refractivity contribution in [2.24, 2.45) is 5.41 Å². The van der Waals surface area contributed by atoms with Crippen LogP contribution in [0.2, 0.25) is 10.0 Å². The summed E-state index contributed by atoms with van der Waals surface area (Å²) in [5.74, 6) is -1.12. The van der Waals surface area contributed by atoms with Crippen molar-refractivity contribution in [1.29, 1.82) is 0 Å². The number of hydrogen-bond acceptors (Lipinski definition) is 3. The molecule has 8 heteroatoms. The predicted octanol–water partition coefficient (Wildman–Crippen LogP) is 3.16. The van der Waals surface area contributed by atoms with E-state index in [2.05, 4.69) is 4.72 Å². The van der Waals surface area contributed by atoms with Gasteiger partial charge in [-0.05, 0) is 39.8 Å². The Morgan fingerprint density at radius 3 is 2.19 bits per heavy atom. The fourth-order valence-corrected chi connectivity index (χ4v) is 3.78. The molecule has 0 fully saturated rings. The number of halogens is 2. The van der Waals surface area contributed by atoms with Crippen molar-refractivity contribution >= 4 is 39.2 Å². The van der Waals surface area contributed by atoms with Gasteiger partial charge in [0.2, 0.25) is 10.0 Å². The standard InChI is InChI=1S/C13H17Cl2NO4S/c1-12(2,11(17)18)13(3,4)16-21(19,20)9-7-5-6-8(14)10(9)15/h5-7,16H,1-4H3,(H,17,18). The maximum absolute atomic E-state index is 12.4. The Morgan fingerprint density at radius 2 is 1.71 bits per heavy atom. The van der Waals surface area contributed by atoms with Crippen LogP contribution in [0.1, 0.15) is 27.7 Å². The lowest BCUT2D eigenvalue weighted by Gasteiger charge is -2.38. The van der Waals surface area contributed by atoms with Gasteiger partial charge < -0.3 is 5.11 Å². The van der Waals surface area contributed by atoms with Crippen molar-refractivity contribution in [2.45, 2.75) is 38.1 Å². The van der Waals surface area contributed by atoms with Gasteiger partial charge in [0, 0.05) is 5.54 Å². The van der Waals surface area contributed by atoms with Gasteiger partial charge in [0.1, 0.15) is 4.90 Å². The van der Waals surface area contributed by atoms with Crippen molar-refractivity contribution in [3.05, 3.63) is 28.2 Å². The van der Waals surface area contributed by atoms with E-state index in [1.807, 2.05) is 0 Å². The number of benzene rings is 1. The van der Waals surface area contributed by atoms with Crippen molar-refractivity contribution in [3.63, 3.8) is 0 Å². The number of rotatable bonds is 5. The molecule has 0 aliphatic heterocycles. The molecule has 0 amide bonds. The average Bonchev–Trinajstić information content (AvgIpc) is 2.30. The summed E-state index contributed by atoms with van der Waals surface area (Å²) < 4.78 is 27.3. The van der Waals surface area contributed by atoms with Gasteiger partial charge in [-0.25, -0.2) is 13.1 Å². The Labute approximate surface area is 134 Å². The van der Waals surface area contributed by atoms with Gasteiger partial charge in [-0.3, -0.25) is 4.79 Å². The van der Waals surface area contributed by atoms with E-state index >= 15 is 0 Å². The normalized spacial score (nSPS) is 13.2. The SMILES string of the molecule is CC(C)(NS(=O)(=O)c1cccc(Cl)c1Cl)C(C)(C)C(=O)O. The van der Waals surface area contributed by atoms with Crippen LogP contribution in [0.15, 0.2) is 23.1 Å². The summed E-state index contributed by atoms with van der Waals surface area (Å²) in [4.78, 5) is 11.1. The monoisotopic (exact) mass is 353 g/mol. The Hall–Kier alpha value is -0.820. The number of sulfonamides is 1. The van der Waals surface area contributed by atoms with Crippen LogP contribution in [-0.2, 0) is 14.8 Å². The first-order chi connectivity index (χ1) is 9.33. The van der Waals surface area contributed by atoms with E-state index < -0.39 is 26.9 Å². The van der Waals surface area contributed by atoms with Crippen LogP contribution in [-0.4, -0.2) is 25.0 Å². The maximum atomic E-state index is 12.4. The summed E-state index contributed by atoms with van der Waals surface area (Å²) in [6, 6.07) is 4.23. The van der Waals surface area contributed by atoms with Gasteiger partial charge in [0.15, 0.2) is 0 Å². The molecule has 118 valence electrons. The highest BCUT2D eigenvalue weighted by atomic mass is 35.5. The first kappa shape index (κ1) is 18.2. The molecule has 1 aromatic carbocycles. The molecule has 0 aliphatic rings. The second-order valence-electron chi connectivity index (χ2n) is 5.71. The molecule has 0 aromatic heterocycles. The Balaban J connectivity index is 3.28. The highest BCUT2D eigenvalue weighted by Gasteiger charge is 2.46. The topological polar surface area (TPSA) is 83.5 Å². The molecule has 21 heavy (non-hydrogen) atoms. The van der Waals surface area contributed by atoms with Gasteiger partial charge in [-0.1, -0.05) is 29.3 Å². The minimum atomic E-state index is -4.02. The van der Waals surface area contributed by atoms with Crippen LogP contribution in [0.4, 0.5) is 0 Å². The lowest BCUT2D eigenvalue weighted by atomic mass is 9.75. The zero-order chi connectivity index (χ0) is 16.6. The third-order valence-electron chi connectivity index (χ3n) is 3.69. The lowest BCUT2D eigenvalue weighted by Crippen LogP contribution is -2.56. The lowest BCUT2D eigenvalue weighted by molar-refractivity contribution is -0.150. The number of hydrogen-bond donors (Lipinski definition) is 2. The minimum absolute atomic E-state index is 0.101. The molecule has 0 aliphatic carbocycles. The molecule has 1 aromatic rings. The predicted molar refractivity (Wildman–Crippen MR) is 82.3 cm³/mol. The molecule has 0 bridgehead atoms. The number of aliphatic carboxylic acids is 1. The molecule has 0 heterocycles. The van der Waals surface area contributed by atoms with Crippen LogP contribution in [0, 0.1) is 5.41 Å². The summed E-state index contributed by atoms with van der Waals surface area (Å²) in [5, 5.41) is 9.27. The van der Waals surface area contributed by atoms with Crippen molar-refractivity contribution in [3.8, 4) is 0 Å². The Bertz CT molecular complexity index is 669. The first-order valence-electron chi connectivity index (χ1n) is 6.04. The molecular formula is C13H17Cl2NO4S. The van der Waals surface area contributed by atoms with Gasteiger partial charge in [-0.2, -0.15) is 0 Å². The second kappa shape index (κ2) is 5.76. The maximum Gasteiger partial charge on any atom is 0.310 e. The summed E-state index contributed by atoms with van der Waals surface area (Å²) in [7, 11) is -4.02. The molecule has 0 spiro atoms. The van der Waals surface area contributed by atoms with Crippen LogP contribution in [0.5, 0.6) is 0 Å². The summed E-state index contributed by atoms with van der Waals surface area (Å²) >= 11 is 11.7. The van der Waals surface area contributed by atoms with E-state index in [-0.39, 0.29) is 14.9 Å². The highest BCUT2D eigenvalue weighted by Crippen LogP contribution is 2.34. The largest absolute Gasteiger partial charge is 0.481 e.